The Morgan fingerprint density at radius 3 is 2.67 bits per heavy atom. The molecule has 2 N–H and O–H groups in total. The summed E-state index contributed by atoms with van der Waals surface area (Å²) in [4.78, 5) is 14.9. The van der Waals surface area contributed by atoms with Crippen LogP contribution in [0, 0.1) is 0 Å². The number of benzene rings is 1. The van der Waals surface area contributed by atoms with Crippen LogP contribution in [0.15, 0.2) is 36.5 Å². The van der Waals surface area contributed by atoms with Crippen molar-refractivity contribution in [2.24, 2.45) is 0 Å². The van der Waals surface area contributed by atoms with Crippen LogP contribution in [0.5, 0.6) is 0 Å². The number of pyridine rings is 1. The van der Waals surface area contributed by atoms with Gasteiger partial charge in [0.05, 0.1) is 22.0 Å². The first kappa shape index (κ1) is 12.7. The summed E-state index contributed by atoms with van der Waals surface area (Å²) >= 11 is 11.7. The van der Waals surface area contributed by atoms with Gasteiger partial charge >= 0.3 is 5.97 Å². The Morgan fingerprint density at radius 2 is 1.94 bits per heavy atom. The molecule has 0 aliphatic carbocycles. The van der Waals surface area contributed by atoms with Crippen molar-refractivity contribution in [1.29, 1.82) is 0 Å². The van der Waals surface area contributed by atoms with Crippen LogP contribution in [0.1, 0.15) is 10.4 Å². The number of anilines is 2. The fraction of sp³-hybridized carbons (Fsp3) is 0. The highest BCUT2D eigenvalue weighted by Gasteiger charge is 2.10. The Bertz CT molecular complexity index is 602. The maximum Gasteiger partial charge on any atom is 0.337 e. The lowest BCUT2D eigenvalue weighted by molar-refractivity contribution is 0.0698. The minimum absolute atomic E-state index is 0.154. The molecule has 6 heteroatoms. The number of halogens is 2. The number of hydrogen-bond acceptors (Lipinski definition) is 3. The number of carboxylic acids is 1. The highest BCUT2D eigenvalue weighted by Crippen LogP contribution is 2.28. The number of carboxylic acid groups (broad SMARTS) is 1. The predicted octanol–water partition coefficient (Wildman–Crippen LogP) is 3.83. The lowest BCUT2D eigenvalue weighted by Gasteiger charge is -2.10. The summed E-state index contributed by atoms with van der Waals surface area (Å²) in [5.41, 5.74) is 1.10. The normalized spacial score (nSPS) is 10.1. The van der Waals surface area contributed by atoms with Crippen molar-refractivity contribution in [2.45, 2.75) is 0 Å². The van der Waals surface area contributed by atoms with Gasteiger partial charge in [0.15, 0.2) is 0 Å². The third-order valence-electron chi connectivity index (χ3n) is 2.25. The first-order valence-corrected chi connectivity index (χ1v) is 5.74. The standard InChI is InChI=1S/C12H8Cl2N2O2/c13-8-6-15-11(14)5-10(8)16-9-4-2-1-3-7(9)12(17)18/h1-6H,(H,15,16)(H,17,18). The molecule has 0 saturated heterocycles. The van der Waals surface area contributed by atoms with Gasteiger partial charge in [-0.25, -0.2) is 9.78 Å². The van der Waals surface area contributed by atoms with Crippen LogP contribution in [-0.4, -0.2) is 16.1 Å². The minimum Gasteiger partial charge on any atom is -0.478 e. The summed E-state index contributed by atoms with van der Waals surface area (Å²) in [5.74, 6) is -1.02. The van der Waals surface area contributed by atoms with E-state index in [1.165, 1.54) is 18.3 Å². The van der Waals surface area contributed by atoms with Gasteiger partial charge in [-0.2, -0.15) is 0 Å². The quantitative estimate of drug-likeness (QED) is 0.840. The second-order valence-electron chi connectivity index (χ2n) is 3.46. The molecule has 0 aliphatic rings. The van der Waals surface area contributed by atoms with Gasteiger partial charge in [-0.3, -0.25) is 0 Å². The molecule has 0 atom stereocenters. The average Bonchev–Trinajstić information content (AvgIpc) is 2.34. The van der Waals surface area contributed by atoms with Gasteiger partial charge in [-0.1, -0.05) is 35.3 Å². The maximum atomic E-state index is 11.1. The van der Waals surface area contributed by atoms with Crippen LogP contribution < -0.4 is 5.32 Å². The van der Waals surface area contributed by atoms with E-state index in [1.54, 1.807) is 18.2 Å². The van der Waals surface area contributed by atoms with E-state index in [0.717, 1.165) is 0 Å². The van der Waals surface area contributed by atoms with Crippen LogP contribution in [-0.2, 0) is 0 Å². The second kappa shape index (κ2) is 5.25. The summed E-state index contributed by atoms with van der Waals surface area (Å²) in [6.45, 7) is 0. The molecule has 92 valence electrons. The molecule has 0 unspecified atom stereocenters. The zero-order chi connectivity index (χ0) is 13.1. The molecule has 0 aliphatic heterocycles. The van der Waals surface area contributed by atoms with Gasteiger partial charge in [-0.05, 0) is 12.1 Å². The van der Waals surface area contributed by atoms with E-state index in [4.69, 9.17) is 28.3 Å². The van der Waals surface area contributed by atoms with Crippen LogP contribution in [0.25, 0.3) is 0 Å². The van der Waals surface area contributed by atoms with Crippen molar-refractivity contribution in [3.05, 3.63) is 52.3 Å². The molecule has 1 aromatic heterocycles. The molecular formula is C12H8Cl2N2O2. The number of rotatable bonds is 3. The average molecular weight is 283 g/mol. The monoisotopic (exact) mass is 282 g/mol. The van der Waals surface area contributed by atoms with E-state index in [-0.39, 0.29) is 10.7 Å². The van der Waals surface area contributed by atoms with Gasteiger partial charge in [0.25, 0.3) is 0 Å². The van der Waals surface area contributed by atoms with Gasteiger partial charge < -0.3 is 10.4 Å². The second-order valence-corrected chi connectivity index (χ2v) is 4.26. The number of aromatic nitrogens is 1. The zero-order valence-corrected chi connectivity index (χ0v) is 10.5. The van der Waals surface area contributed by atoms with Crippen LogP contribution in [0.3, 0.4) is 0 Å². The van der Waals surface area contributed by atoms with E-state index >= 15 is 0 Å². The smallest absolute Gasteiger partial charge is 0.337 e. The molecule has 1 heterocycles. The van der Waals surface area contributed by atoms with Crippen molar-refractivity contribution in [1.82, 2.24) is 4.98 Å². The highest BCUT2D eigenvalue weighted by atomic mass is 35.5. The van der Waals surface area contributed by atoms with Crippen LogP contribution in [0.2, 0.25) is 10.2 Å². The van der Waals surface area contributed by atoms with E-state index in [9.17, 15) is 4.79 Å². The fourth-order valence-electron chi connectivity index (χ4n) is 1.43. The molecule has 0 saturated carbocycles. The zero-order valence-electron chi connectivity index (χ0n) is 9.02. The number of carbonyl (C=O) groups is 1. The van der Waals surface area contributed by atoms with Crippen LogP contribution in [0.4, 0.5) is 11.4 Å². The predicted molar refractivity (Wildman–Crippen MR) is 70.9 cm³/mol. The van der Waals surface area contributed by atoms with E-state index in [0.29, 0.717) is 16.4 Å². The summed E-state index contributed by atoms with van der Waals surface area (Å²) in [7, 11) is 0. The summed E-state index contributed by atoms with van der Waals surface area (Å²) in [6, 6.07) is 8.05. The molecule has 0 radical (unpaired) electrons. The molecule has 2 aromatic rings. The van der Waals surface area contributed by atoms with Crippen molar-refractivity contribution < 1.29 is 9.90 Å². The number of para-hydroxylation sites is 1. The molecule has 1 aromatic carbocycles. The Labute approximate surface area is 113 Å². The number of aromatic carboxylic acids is 1. The first-order valence-electron chi connectivity index (χ1n) is 4.98. The van der Waals surface area contributed by atoms with Gasteiger partial charge in [0.2, 0.25) is 0 Å². The van der Waals surface area contributed by atoms with Crippen molar-refractivity contribution in [3.8, 4) is 0 Å². The number of nitrogens with zero attached hydrogens (tertiary/aromatic N) is 1. The summed E-state index contributed by atoms with van der Waals surface area (Å²) < 4.78 is 0. The molecule has 4 nitrogen and oxygen atoms in total. The van der Waals surface area contributed by atoms with Crippen molar-refractivity contribution in [3.63, 3.8) is 0 Å². The third kappa shape index (κ3) is 2.72. The SMILES string of the molecule is O=C(O)c1ccccc1Nc1cc(Cl)ncc1Cl. The Balaban J connectivity index is 2.40. The third-order valence-corrected chi connectivity index (χ3v) is 2.76. The molecule has 2 rings (SSSR count). The highest BCUT2D eigenvalue weighted by molar-refractivity contribution is 6.34. The molecule has 0 fully saturated rings. The maximum absolute atomic E-state index is 11.1. The summed E-state index contributed by atoms with van der Waals surface area (Å²) in [6.07, 6.45) is 1.40. The molecule has 0 bridgehead atoms. The van der Waals surface area contributed by atoms with Gasteiger partial charge in [-0.15, -0.1) is 0 Å². The van der Waals surface area contributed by atoms with Crippen molar-refractivity contribution >= 4 is 40.5 Å². The Morgan fingerprint density at radius 1 is 1.22 bits per heavy atom. The molecule has 0 amide bonds. The van der Waals surface area contributed by atoms with E-state index in [2.05, 4.69) is 10.3 Å². The van der Waals surface area contributed by atoms with E-state index in [1.807, 2.05) is 0 Å². The van der Waals surface area contributed by atoms with Crippen LogP contribution >= 0.6 is 23.2 Å². The van der Waals surface area contributed by atoms with Crippen molar-refractivity contribution in [2.75, 3.05) is 5.32 Å². The number of hydrogen-bond donors (Lipinski definition) is 2. The Hall–Kier alpha value is -1.78. The largest absolute Gasteiger partial charge is 0.478 e. The van der Waals surface area contributed by atoms with E-state index < -0.39 is 5.97 Å². The minimum atomic E-state index is -1.02. The number of nitrogens with one attached hydrogen (secondary N) is 1. The molecule has 18 heavy (non-hydrogen) atoms. The molecular weight excluding hydrogens is 275 g/mol. The lowest BCUT2D eigenvalue weighted by atomic mass is 10.1. The molecule has 0 spiro atoms. The van der Waals surface area contributed by atoms with Gasteiger partial charge in [0, 0.05) is 12.3 Å². The topological polar surface area (TPSA) is 62.2 Å². The first-order chi connectivity index (χ1) is 8.58. The van der Waals surface area contributed by atoms with Gasteiger partial charge in [0.1, 0.15) is 5.15 Å². The fourth-order valence-corrected chi connectivity index (χ4v) is 1.74. The summed E-state index contributed by atoms with van der Waals surface area (Å²) in [5, 5.41) is 12.6. The Kier molecular flexibility index (Phi) is 3.69. The lowest BCUT2D eigenvalue weighted by Crippen LogP contribution is -2.02.